The molecule has 0 radical (unpaired) electrons. The number of aliphatic imine (C=N–C) groups is 1. The summed E-state index contributed by atoms with van der Waals surface area (Å²) < 4.78 is 29.3. The van der Waals surface area contributed by atoms with Crippen molar-refractivity contribution in [3.05, 3.63) is 102 Å². The predicted molar refractivity (Wildman–Crippen MR) is 161 cm³/mol. The summed E-state index contributed by atoms with van der Waals surface area (Å²) in [6.07, 6.45) is -0.588. The van der Waals surface area contributed by atoms with E-state index in [4.69, 9.17) is 0 Å². The van der Waals surface area contributed by atoms with E-state index in [2.05, 4.69) is 20.9 Å². The van der Waals surface area contributed by atoms with Crippen LogP contribution in [0.5, 0.6) is 0 Å². The molecule has 0 saturated heterocycles. The van der Waals surface area contributed by atoms with Gasteiger partial charge in [-0.2, -0.15) is 0 Å². The van der Waals surface area contributed by atoms with Gasteiger partial charge in [0.15, 0.2) is 0 Å². The molecule has 10 heteroatoms. The highest BCUT2D eigenvalue weighted by Crippen LogP contribution is 2.37. The lowest BCUT2D eigenvalue weighted by molar-refractivity contribution is -0.118. The van der Waals surface area contributed by atoms with Crippen LogP contribution in [0.25, 0.3) is 10.8 Å². The van der Waals surface area contributed by atoms with Gasteiger partial charge >= 0.3 is 0 Å². The standard InChI is InChI=1S/C31H31N5O4S/c37-29(32-16-15-21-9-11-23(12-10-21)30-33-17-18-34-30)20-28-31(38)35-26-7-3-4-8-27(26)36(28)41(39,40)25-14-13-22-5-1-2-6-24(22)19-25/h1-14,19,28-29,32,37H,15-18,20H2,(H,33,34)(H,35,38). The Kier molecular flexibility index (Phi) is 7.44. The van der Waals surface area contributed by atoms with Crippen molar-refractivity contribution in [1.29, 1.82) is 0 Å². The summed E-state index contributed by atoms with van der Waals surface area (Å²) in [5.41, 5.74) is 2.88. The Morgan fingerprint density at radius 3 is 2.51 bits per heavy atom. The lowest BCUT2D eigenvalue weighted by Gasteiger charge is -2.37. The van der Waals surface area contributed by atoms with E-state index in [0.29, 0.717) is 24.3 Å². The zero-order valence-corrected chi connectivity index (χ0v) is 23.1. The Bertz CT molecular complexity index is 1720. The second kappa shape index (κ2) is 11.3. The molecule has 0 aromatic heterocycles. The monoisotopic (exact) mass is 569 g/mol. The van der Waals surface area contributed by atoms with Crippen molar-refractivity contribution in [1.82, 2.24) is 10.6 Å². The average Bonchev–Trinajstić information content (AvgIpc) is 3.53. The molecule has 2 unspecified atom stereocenters. The van der Waals surface area contributed by atoms with Crippen LogP contribution in [0.15, 0.2) is 101 Å². The summed E-state index contributed by atoms with van der Waals surface area (Å²) in [5, 5.41) is 21.7. The molecular weight excluding hydrogens is 538 g/mol. The number of hydrogen-bond donors (Lipinski definition) is 4. The van der Waals surface area contributed by atoms with E-state index in [-0.39, 0.29) is 11.3 Å². The number of para-hydroxylation sites is 2. The number of amidine groups is 1. The largest absolute Gasteiger partial charge is 0.379 e. The number of nitrogens with zero attached hydrogens (tertiary/aromatic N) is 2. The van der Waals surface area contributed by atoms with Crippen LogP contribution in [0.3, 0.4) is 0 Å². The lowest BCUT2D eigenvalue weighted by Crippen LogP contribution is -2.53. The van der Waals surface area contributed by atoms with Gasteiger partial charge in [-0.15, -0.1) is 0 Å². The number of nitrogens with one attached hydrogen (secondary N) is 3. The smallest absolute Gasteiger partial charge is 0.265 e. The van der Waals surface area contributed by atoms with E-state index in [1.807, 2.05) is 48.5 Å². The summed E-state index contributed by atoms with van der Waals surface area (Å²) >= 11 is 0. The normalized spacial score (nSPS) is 17.5. The summed E-state index contributed by atoms with van der Waals surface area (Å²) in [4.78, 5) is 17.8. The second-order valence-corrected chi connectivity index (χ2v) is 12.0. The average molecular weight is 570 g/mol. The molecule has 6 rings (SSSR count). The number of amides is 1. The molecule has 0 spiro atoms. The third-order valence-corrected chi connectivity index (χ3v) is 9.22. The number of hydrogen-bond acceptors (Lipinski definition) is 7. The van der Waals surface area contributed by atoms with Crippen molar-refractivity contribution < 1.29 is 18.3 Å². The molecule has 4 N–H and O–H groups in total. The zero-order valence-electron chi connectivity index (χ0n) is 22.3. The van der Waals surface area contributed by atoms with Gasteiger partial charge in [0.1, 0.15) is 18.1 Å². The third-order valence-electron chi connectivity index (χ3n) is 7.40. The highest BCUT2D eigenvalue weighted by atomic mass is 32.2. The van der Waals surface area contributed by atoms with Crippen LogP contribution in [0.1, 0.15) is 17.5 Å². The van der Waals surface area contributed by atoms with Gasteiger partial charge in [0, 0.05) is 25.1 Å². The van der Waals surface area contributed by atoms with Crippen molar-refractivity contribution in [2.24, 2.45) is 4.99 Å². The van der Waals surface area contributed by atoms with E-state index in [1.54, 1.807) is 42.5 Å². The number of carbonyl (C=O) groups is 1. The van der Waals surface area contributed by atoms with Crippen LogP contribution in [0.4, 0.5) is 11.4 Å². The molecule has 2 heterocycles. The van der Waals surface area contributed by atoms with Crippen LogP contribution in [0.2, 0.25) is 0 Å². The van der Waals surface area contributed by atoms with Gasteiger partial charge in [-0.3, -0.25) is 19.4 Å². The fourth-order valence-electron chi connectivity index (χ4n) is 5.30. The third kappa shape index (κ3) is 5.54. The molecule has 1 amide bonds. The van der Waals surface area contributed by atoms with Crippen LogP contribution in [0, 0.1) is 0 Å². The molecule has 0 bridgehead atoms. The highest BCUT2D eigenvalue weighted by Gasteiger charge is 2.41. The van der Waals surface area contributed by atoms with Gasteiger partial charge in [0.2, 0.25) is 5.91 Å². The summed E-state index contributed by atoms with van der Waals surface area (Å²) in [7, 11) is -4.15. The number of benzene rings is 4. The van der Waals surface area contributed by atoms with Crippen molar-refractivity contribution in [2.45, 2.75) is 30.0 Å². The van der Waals surface area contributed by atoms with Crippen molar-refractivity contribution in [3.63, 3.8) is 0 Å². The SMILES string of the molecule is O=C1Nc2ccccc2N(S(=O)(=O)c2ccc3ccccc3c2)C1CC(O)NCCc1ccc(C2=NCCN2)cc1. The Morgan fingerprint density at radius 1 is 0.976 bits per heavy atom. The number of aliphatic hydroxyl groups is 1. The first-order chi connectivity index (χ1) is 19.9. The first-order valence-electron chi connectivity index (χ1n) is 13.6. The number of aliphatic hydroxyl groups excluding tert-OH is 1. The Labute approximate surface area is 239 Å². The molecule has 0 saturated carbocycles. The fourth-order valence-corrected chi connectivity index (χ4v) is 6.98. The van der Waals surface area contributed by atoms with E-state index < -0.39 is 28.2 Å². The van der Waals surface area contributed by atoms with Crippen LogP contribution in [-0.4, -0.2) is 57.2 Å². The Balaban J connectivity index is 1.19. The number of rotatable bonds is 9. The van der Waals surface area contributed by atoms with Gasteiger partial charge in [0.25, 0.3) is 10.0 Å². The van der Waals surface area contributed by atoms with E-state index in [0.717, 1.165) is 45.1 Å². The minimum atomic E-state index is -4.15. The summed E-state index contributed by atoms with van der Waals surface area (Å²) in [6, 6.07) is 26.2. The van der Waals surface area contributed by atoms with Crippen LogP contribution >= 0.6 is 0 Å². The number of anilines is 2. The van der Waals surface area contributed by atoms with E-state index in [1.165, 1.54) is 0 Å². The first-order valence-corrected chi connectivity index (χ1v) is 15.1. The van der Waals surface area contributed by atoms with Gasteiger partial charge in [-0.05, 0) is 47.0 Å². The molecule has 9 nitrogen and oxygen atoms in total. The molecule has 2 aliphatic heterocycles. The molecule has 4 aromatic rings. The van der Waals surface area contributed by atoms with Crippen molar-refractivity contribution >= 4 is 43.9 Å². The highest BCUT2D eigenvalue weighted by molar-refractivity contribution is 7.93. The molecule has 0 fully saturated rings. The minimum Gasteiger partial charge on any atom is -0.379 e. The summed E-state index contributed by atoms with van der Waals surface area (Å²) in [6.45, 7) is 2.08. The molecule has 0 aliphatic carbocycles. The number of sulfonamides is 1. The quantitative estimate of drug-likeness (QED) is 0.230. The van der Waals surface area contributed by atoms with E-state index >= 15 is 0 Å². The molecule has 4 aromatic carbocycles. The van der Waals surface area contributed by atoms with Gasteiger partial charge in [-0.25, -0.2) is 8.42 Å². The predicted octanol–water partition coefficient (Wildman–Crippen LogP) is 3.25. The lowest BCUT2D eigenvalue weighted by atomic mass is 10.1. The molecule has 2 aliphatic rings. The van der Waals surface area contributed by atoms with Crippen molar-refractivity contribution in [3.8, 4) is 0 Å². The zero-order chi connectivity index (χ0) is 28.4. The number of carbonyl (C=O) groups excluding carboxylic acids is 1. The van der Waals surface area contributed by atoms with Gasteiger partial charge in [-0.1, -0.05) is 66.7 Å². The second-order valence-electron chi connectivity index (χ2n) is 10.1. The van der Waals surface area contributed by atoms with Crippen LogP contribution in [-0.2, 0) is 21.2 Å². The maximum atomic E-state index is 14.1. The van der Waals surface area contributed by atoms with E-state index in [9.17, 15) is 18.3 Å². The van der Waals surface area contributed by atoms with Gasteiger partial charge in [0.05, 0.1) is 22.8 Å². The molecular formula is C31H31N5O4S. The Hall–Kier alpha value is -4.25. The maximum absolute atomic E-state index is 14.1. The summed E-state index contributed by atoms with van der Waals surface area (Å²) in [5.74, 6) is 0.411. The Morgan fingerprint density at radius 2 is 1.73 bits per heavy atom. The maximum Gasteiger partial charge on any atom is 0.265 e. The molecule has 41 heavy (non-hydrogen) atoms. The first kappa shape index (κ1) is 26.9. The molecule has 210 valence electrons. The minimum absolute atomic E-state index is 0.0790. The van der Waals surface area contributed by atoms with Crippen LogP contribution < -0.4 is 20.3 Å². The fraction of sp³-hybridized carbons (Fsp3) is 0.226. The number of fused-ring (bicyclic) bond motifs is 2. The van der Waals surface area contributed by atoms with Crippen molar-refractivity contribution in [2.75, 3.05) is 29.3 Å². The topological polar surface area (TPSA) is 123 Å². The van der Waals surface area contributed by atoms with Gasteiger partial charge < -0.3 is 15.7 Å². The molecule has 2 atom stereocenters.